The number of thiophene rings is 1. The molecule has 0 bridgehead atoms. The van der Waals surface area contributed by atoms with Crippen LogP contribution in [0.2, 0.25) is 0 Å². The molecule has 2 amide bonds. The summed E-state index contributed by atoms with van der Waals surface area (Å²) in [6.45, 7) is 6.06. The quantitative estimate of drug-likeness (QED) is 0.674. The Kier molecular flexibility index (Phi) is 6.69. The number of hydrogen-bond acceptors (Lipinski definition) is 5. The minimum atomic E-state index is -0.393. The van der Waals surface area contributed by atoms with Gasteiger partial charge < -0.3 is 15.4 Å². The van der Waals surface area contributed by atoms with E-state index in [1.54, 1.807) is 38.1 Å². The summed E-state index contributed by atoms with van der Waals surface area (Å²) in [4.78, 5) is 38.0. The smallest absolute Gasteiger partial charge is 0.338 e. The molecule has 2 aromatic rings. The highest BCUT2D eigenvalue weighted by atomic mass is 32.1. The molecule has 154 valence electrons. The fourth-order valence-corrected chi connectivity index (χ4v) is 4.82. The van der Waals surface area contributed by atoms with Gasteiger partial charge in [0.15, 0.2) is 0 Å². The number of esters is 1. The van der Waals surface area contributed by atoms with Crippen LogP contribution in [0.5, 0.6) is 0 Å². The van der Waals surface area contributed by atoms with Crippen LogP contribution in [-0.2, 0) is 22.4 Å². The standard InChI is InChI=1S/C22H26N2O4S/c1-4-18(25)24-21-19(16-11-6-13(3)12-17(16)29-21)20(26)23-15-9-7-14(8-10-15)22(27)28-5-2/h7-10,13H,4-6,11-12H2,1-3H3,(H,23,26)(H,24,25). The lowest BCUT2D eigenvalue weighted by atomic mass is 9.88. The molecule has 0 saturated carbocycles. The first-order valence-corrected chi connectivity index (χ1v) is 10.8. The van der Waals surface area contributed by atoms with E-state index >= 15 is 0 Å². The van der Waals surface area contributed by atoms with Gasteiger partial charge in [-0.1, -0.05) is 13.8 Å². The summed E-state index contributed by atoms with van der Waals surface area (Å²) in [5.74, 6) is -0.171. The van der Waals surface area contributed by atoms with E-state index in [1.807, 2.05) is 0 Å². The molecule has 1 aromatic heterocycles. The Morgan fingerprint density at radius 1 is 1.14 bits per heavy atom. The molecule has 7 heteroatoms. The van der Waals surface area contributed by atoms with E-state index in [0.29, 0.717) is 40.8 Å². The zero-order valence-electron chi connectivity index (χ0n) is 17.0. The summed E-state index contributed by atoms with van der Waals surface area (Å²) in [5, 5.41) is 6.42. The van der Waals surface area contributed by atoms with Gasteiger partial charge in [0.2, 0.25) is 5.91 Å². The molecule has 1 aliphatic carbocycles. The van der Waals surface area contributed by atoms with Crippen LogP contribution in [0.3, 0.4) is 0 Å². The van der Waals surface area contributed by atoms with Gasteiger partial charge in [-0.2, -0.15) is 0 Å². The van der Waals surface area contributed by atoms with Crippen molar-refractivity contribution in [3.05, 3.63) is 45.8 Å². The maximum absolute atomic E-state index is 13.1. The van der Waals surface area contributed by atoms with Crippen molar-refractivity contribution in [1.82, 2.24) is 0 Å². The Morgan fingerprint density at radius 3 is 2.52 bits per heavy atom. The summed E-state index contributed by atoms with van der Waals surface area (Å²) in [6.07, 6.45) is 3.14. The molecule has 0 saturated heterocycles. The van der Waals surface area contributed by atoms with Crippen molar-refractivity contribution >= 4 is 39.8 Å². The highest BCUT2D eigenvalue weighted by Gasteiger charge is 2.28. The molecule has 1 aromatic carbocycles. The molecule has 0 fully saturated rings. The fraction of sp³-hybridized carbons (Fsp3) is 0.409. The van der Waals surface area contributed by atoms with Crippen LogP contribution in [0.4, 0.5) is 10.7 Å². The van der Waals surface area contributed by atoms with Crippen LogP contribution < -0.4 is 10.6 Å². The van der Waals surface area contributed by atoms with Crippen LogP contribution >= 0.6 is 11.3 Å². The maximum Gasteiger partial charge on any atom is 0.338 e. The first-order chi connectivity index (χ1) is 13.9. The van der Waals surface area contributed by atoms with Crippen molar-refractivity contribution in [3.8, 4) is 0 Å². The maximum atomic E-state index is 13.1. The van der Waals surface area contributed by atoms with E-state index in [-0.39, 0.29) is 11.8 Å². The third kappa shape index (κ3) is 4.85. The molecular weight excluding hydrogens is 388 g/mol. The Bertz CT molecular complexity index is 918. The zero-order valence-corrected chi connectivity index (χ0v) is 17.8. The third-order valence-corrected chi connectivity index (χ3v) is 6.14. The Hall–Kier alpha value is -2.67. The summed E-state index contributed by atoms with van der Waals surface area (Å²) >= 11 is 1.51. The van der Waals surface area contributed by atoms with Gasteiger partial charge in [-0.3, -0.25) is 9.59 Å². The topological polar surface area (TPSA) is 84.5 Å². The van der Waals surface area contributed by atoms with Gasteiger partial charge in [0, 0.05) is 17.0 Å². The van der Waals surface area contributed by atoms with E-state index in [2.05, 4.69) is 17.6 Å². The van der Waals surface area contributed by atoms with Crippen LogP contribution in [-0.4, -0.2) is 24.4 Å². The van der Waals surface area contributed by atoms with Gasteiger partial charge in [0.1, 0.15) is 5.00 Å². The number of carbonyl (C=O) groups excluding carboxylic acids is 3. The monoisotopic (exact) mass is 414 g/mol. The number of amides is 2. The highest BCUT2D eigenvalue weighted by Crippen LogP contribution is 2.40. The lowest BCUT2D eigenvalue weighted by Crippen LogP contribution is -2.19. The van der Waals surface area contributed by atoms with Crippen LogP contribution in [0.1, 0.15) is 64.8 Å². The van der Waals surface area contributed by atoms with Gasteiger partial charge in [-0.15, -0.1) is 11.3 Å². The first-order valence-electron chi connectivity index (χ1n) is 9.95. The van der Waals surface area contributed by atoms with Crippen molar-refractivity contribution in [2.75, 3.05) is 17.2 Å². The summed E-state index contributed by atoms with van der Waals surface area (Å²) in [6, 6.07) is 6.60. The number of carbonyl (C=O) groups is 3. The SMILES string of the molecule is CCOC(=O)c1ccc(NC(=O)c2c(NC(=O)CC)sc3c2CCC(C)C3)cc1. The predicted molar refractivity (Wildman–Crippen MR) is 115 cm³/mol. The molecule has 29 heavy (non-hydrogen) atoms. The number of nitrogens with one attached hydrogen (secondary N) is 2. The Balaban J connectivity index is 1.84. The molecule has 0 spiro atoms. The Morgan fingerprint density at radius 2 is 1.86 bits per heavy atom. The average molecular weight is 415 g/mol. The molecule has 1 atom stereocenters. The minimum Gasteiger partial charge on any atom is -0.462 e. The van der Waals surface area contributed by atoms with Crippen LogP contribution in [0, 0.1) is 5.92 Å². The second-order valence-corrected chi connectivity index (χ2v) is 8.31. The van der Waals surface area contributed by atoms with E-state index in [1.165, 1.54) is 16.2 Å². The summed E-state index contributed by atoms with van der Waals surface area (Å²) in [5.41, 5.74) is 2.62. The first kappa shape index (κ1) is 21.0. The van der Waals surface area contributed by atoms with Gasteiger partial charge in [-0.05, 0) is 61.9 Å². The second kappa shape index (κ2) is 9.22. The number of rotatable bonds is 6. The third-order valence-electron chi connectivity index (χ3n) is 4.97. The Labute approximate surface area is 174 Å². The molecule has 0 radical (unpaired) electrons. The largest absolute Gasteiger partial charge is 0.462 e. The van der Waals surface area contributed by atoms with Crippen molar-refractivity contribution in [1.29, 1.82) is 0 Å². The normalized spacial score (nSPS) is 15.3. The summed E-state index contributed by atoms with van der Waals surface area (Å²) in [7, 11) is 0. The van der Waals surface area contributed by atoms with Crippen molar-refractivity contribution < 1.29 is 19.1 Å². The molecule has 3 rings (SSSR count). The molecule has 1 heterocycles. The molecule has 2 N–H and O–H groups in total. The zero-order chi connectivity index (χ0) is 21.0. The van der Waals surface area contributed by atoms with E-state index in [9.17, 15) is 14.4 Å². The predicted octanol–water partition coefficient (Wildman–Crippen LogP) is 4.65. The average Bonchev–Trinajstić information content (AvgIpc) is 3.05. The van der Waals surface area contributed by atoms with Crippen molar-refractivity contribution in [3.63, 3.8) is 0 Å². The molecular formula is C22H26N2O4S. The van der Waals surface area contributed by atoms with E-state index in [0.717, 1.165) is 24.8 Å². The lowest BCUT2D eigenvalue weighted by molar-refractivity contribution is -0.115. The summed E-state index contributed by atoms with van der Waals surface area (Å²) < 4.78 is 4.98. The van der Waals surface area contributed by atoms with Crippen LogP contribution in [0.15, 0.2) is 24.3 Å². The number of fused-ring (bicyclic) bond motifs is 1. The number of ether oxygens (including phenoxy) is 1. The molecule has 0 aliphatic heterocycles. The van der Waals surface area contributed by atoms with E-state index in [4.69, 9.17) is 4.74 Å². The van der Waals surface area contributed by atoms with Gasteiger partial charge >= 0.3 is 5.97 Å². The number of anilines is 2. The number of hydrogen-bond donors (Lipinski definition) is 2. The molecule has 1 unspecified atom stereocenters. The molecule has 6 nitrogen and oxygen atoms in total. The van der Waals surface area contributed by atoms with Crippen LogP contribution in [0.25, 0.3) is 0 Å². The van der Waals surface area contributed by atoms with E-state index < -0.39 is 5.97 Å². The second-order valence-electron chi connectivity index (χ2n) is 7.21. The van der Waals surface area contributed by atoms with Crippen molar-refractivity contribution in [2.24, 2.45) is 5.92 Å². The van der Waals surface area contributed by atoms with Crippen molar-refractivity contribution in [2.45, 2.75) is 46.5 Å². The number of benzene rings is 1. The fourth-order valence-electron chi connectivity index (χ4n) is 3.39. The lowest BCUT2D eigenvalue weighted by Gasteiger charge is -2.18. The highest BCUT2D eigenvalue weighted by molar-refractivity contribution is 7.17. The molecule has 1 aliphatic rings. The van der Waals surface area contributed by atoms with Gasteiger partial charge in [0.05, 0.1) is 17.7 Å². The van der Waals surface area contributed by atoms with Gasteiger partial charge in [0.25, 0.3) is 5.91 Å². The minimum absolute atomic E-state index is 0.107. The van der Waals surface area contributed by atoms with Gasteiger partial charge in [-0.25, -0.2) is 4.79 Å².